The zero-order valence-electron chi connectivity index (χ0n) is 21.6. The summed E-state index contributed by atoms with van der Waals surface area (Å²) < 4.78 is 5.76. The van der Waals surface area contributed by atoms with E-state index in [2.05, 4.69) is 41.5 Å². The van der Waals surface area contributed by atoms with Crippen LogP contribution in [0, 0.1) is 40.4 Å². The molecular formula is C29H50O2. The van der Waals surface area contributed by atoms with Crippen LogP contribution < -0.4 is 0 Å². The number of ether oxygens (including phenoxy) is 1. The molecule has 1 N–H and O–H groups in total. The summed E-state index contributed by atoms with van der Waals surface area (Å²) in [6.45, 7) is 14.6. The van der Waals surface area contributed by atoms with Crippen LogP contribution in [-0.2, 0) is 4.74 Å². The molecular weight excluding hydrogens is 380 g/mol. The highest BCUT2D eigenvalue weighted by atomic mass is 16.5. The minimum absolute atomic E-state index is 0.0687. The number of hydrogen-bond donors (Lipinski definition) is 1. The number of rotatable bonds is 6. The van der Waals surface area contributed by atoms with Crippen molar-refractivity contribution < 1.29 is 9.84 Å². The highest BCUT2D eigenvalue weighted by Crippen LogP contribution is 2.67. The number of fused-ring (bicyclic) bond motifs is 4. The second-order valence-corrected chi connectivity index (χ2v) is 12.9. The third-order valence-corrected chi connectivity index (χ3v) is 11.4. The lowest BCUT2D eigenvalue weighted by atomic mass is 9.49. The minimum Gasteiger partial charge on any atom is -0.385 e. The van der Waals surface area contributed by atoms with Gasteiger partial charge in [0, 0.05) is 12.5 Å². The van der Waals surface area contributed by atoms with Crippen LogP contribution in [0.25, 0.3) is 0 Å². The van der Waals surface area contributed by atoms with Crippen molar-refractivity contribution in [3.63, 3.8) is 0 Å². The molecule has 0 radical (unpaired) electrons. The van der Waals surface area contributed by atoms with Crippen LogP contribution in [0.4, 0.5) is 0 Å². The zero-order valence-corrected chi connectivity index (χ0v) is 21.6. The van der Waals surface area contributed by atoms with Gasteiger partial charge in [-0.3, -0.25) is 0 Å². The maximum atomic E-state index is 12.4. The Labute approximate surface area is 192 Å². The smallest absolute Gasteiger partial charge is 0.0915 e. The molecule has 4 rings (SSSR count). The van der Waals surface area contributed by atoms with E-state index in [0.29, 0.717) is 23.4 Å². The van der Waals surface area contributed by atoms with E-state index in [-0.39, 0.29) is 5.41 Å². The lowest BCUT2D eigenvalue weighted by molar-refractivity contribution is -0.0787. The Bertz CT molecular complexity index is 695. The summed E-state index contributed by atoms with van der Waals surface area (Å²) in [7, 11) is 1.89. The molecule has 0 aromatic rings. The van der Waals surface area contributed by atoms with Crippen molar-refractivity contribution >= 4 is 0 Å². The topological polar surface area (TPSA) is 29.5 Å². The molecule has 0 bridgehead atoms. The Kier molecular flexibility index (Phi) is 6.50. The van der Waals surface area contributed by atoms with Gasteiger partial charge in [-0.15, -0.1) is 0 Å². The van der Waals surface area contributed by atoms with Gasteiger partial charge < -0.3 is 9.84 Å². The maximum Gasteiger partial charge on any atom is 0.0915 e. The Morgan fingerprint density at radius 1 is 0.935 bits per heavy atom. The fourth-order valence-corrected chi connectivity index (χ4v) is 8.64. The van der Waals surface area contributed by atoms with Crippen molar-refractivity contribution in [3.05, 3.63) is 11.1 Å². The second-order valence-electron chi connectivity index (χ2n) is 12.9. The molecule has 0 saturated heterocycles. The molecule has 0 amide bonds. The molecule has 178 valence electrons. The summed E-state index contributed by atoms with van der Waals surface area (Å²) in [4.78, 5) is 0. The summed E-state index contributed by atoms with van der Waals surface area (Å²) in [6.07, 6.45) is 13.7. The average Bonchev–Trinajstić information content (AvgIpc) is 3.02. The van der Waals surface area contributed by atoms with Crippen molar-refractivity contribution in [1.82, 2.24) is 0 Å². The van der Waals surface area contributed by atoms with Crippen LogP contribution in [0.3, 0.4) is 0 Å². The quantitative estimate of drug-likeness (QED) is 0.441. The first-order valence-electron chi connectivity index (χ1n) is 13.5. The summed E-state index contributed by atoms with van der Waals surface area (Å²) in [6, 6.07) is 0. The first-order chi connectivity index (χ1) is 14.6. The summed E-state index contributed by atoms with van der Waals surface area (Å²) >= 11 is 0. The highest BCUT2D eigenvalue weighted by Gasteiger charge is 2.63. The van der Waals surface area contributed by atoms with Gasteiger partial charge >= 0.3 is 0 Å². The Balaban J connectivity index is 1.57. The van der Waals surface area contributed by atoms with Gasteiger partial charge in [0.05, 0.1) is 11.7 Å². The predicted octanol–water partition coefficient (Wildman–Crippen LogP) is 7.55. The molecule has 0 heterocycles. The van der Waals surface area contributed by atoms with Crippen molar-refractivity contribution in [2.24, 2.45) is 40.4 Å². The third kappa shape index (κ3) is 3.67. The monoisotopic (exact) mass is 430 g/mol. The lowest BCUT2D eigenvalue weighted by Gasteiger charge is -2.58. The zero-order chi connectivity index (χ0) is 22.6. The average molecular weight is 431 g/mol. The van der Waals surface area contributed by atoms with Gasteiger partial charge in [0.1, 0.15) is 0 Å². The Morgan fingerprint density at radius 2 is 1.68 bits per heavy atom. The summed E-state index contributed by atoms with van der Waals surface area (Å²) in [5, 5.41) is 12.4. The van der Waals surface area contributed by atoms with Gasteiger partial charge in [-0.05, 0) is 98.4 Å². The standard InChI is InChI=1S/C29H50O2/c1-19(2)20(3)8-9-21(4)24-14-17-29(30)26-11-10-22-18-23(31-7)12-15-27(22,5)25(26)13-16-28(24,29)6/h19-24,30H,8-18H2,1-7H3. The van der Waals surface area contributed by atoms with Crippen LogP contribution in [0.15, 0.2) is 11.1 Å². The molecule has 4 aliphatic carbocycles. The second kappa shape index (κ2) is 8.46. The summed E-state index contributed by atoms with van der Waals surface area (Å²) in [5.74, 6) is 3.70. The molecule has 2 fully saturated rings. The van der Waals surface area contributed by atoms with Gasteiger partial charge in [0.15, 0.2) is 0 Å². The number of methoxy groups -OCH3 is 1. The van der Waals surface area contributed by atoms with Crippen LogP contribution in [-0.4, -0.2) is 23.9 Å². The van der Waals surface area contributed by atoms with Crippen molar-refractivity contribution in [3.8, 4) is 0 Å². The number of hydrogen-bond acceptors (Lipinski definition) is 2. The molecule has 0 aromatic heterocycles. The molecule has 0 aromatic carbocycles. The van der Waals surface area contributed by atoms with Gasteiger partial charge in [0.25, 0.3) is 0 Å². The molecule has 8 atom stereocenters. The fourth-order valence-electron chi connectivity index (χ4n) is 8.64. The van der Waals surface area contributed by atoms with Gasteiger partial charge in [0.2, 0.25) is 0 Å². The largest absolute Gasteiger partial charge is 0.385 e. The fraction of sp³-hybridized carbons (Fsp3) is 0.931. The van der Waals surface area contributed by atoms with E-state index in [4.69, 9.17) is 4.74 Å². The minimum atomic E-state index is -0.546. The van der Waals surface area contributed by atoms with E-state index in [1.54, 1.807) is 5.57 Å². The Hall–Kier alpha value is -0.340. The van der Waals surface area contributed by atoms with Gasteiger partial charge in [-0.1, -0.05) is 60.0 Å². The van der Waals surface area contributed by atoms with Gasteiger partial charge in [-0.25, -0.2) is 0 Å². The van der Waals surface area contributed by atoms with Crippen LogP contribution in [0.5, 0.6) is 0 Å². The molecule has 2 saturated carbocycles. The molecule has 2 nitrogen and oxygen atoms in total. The van der Waals surface area contributed by atoms with Crippen LogP contribution >= 0.6 is 0 Å². The molecule has 8 unspecified atom stereocenters. The predicted molar refractivity (Wildman–Crippen MR) is 130 cm³/mol. The highest BCUT2D eigenvalue weighted by molar-refractivity contribution is 5.40. The Morgan fingerprint density at radius 3 is 2.35 bits per heavy atom. The number of allylic oxidation sites excluding steroid dienone is 1. The molecule has 31 heavy (non-hydrogen) atoms. The van der Waals surface area contributed by atoms with E-state index >= 15 is 0 Å². The van der Waals surface area contributed by atoms with Crippen molar-refractivity contribution in [2.75, 3.05) is 7.11 Å². The van der Waals surface area contributed by atoms with E-state index in [1.807, 2.05) is 7.11 Å². The molecule has 0 spiro atoms. The molecule has 0 aliphatic heterocycles. The van der Waals surface area contributed by atoms with Crippen molar-refractivity contribution in [2.45, 2.75) is 124 Å². The normalized spacial score (nSPS) is 44.6. The van der Waals surface area contributed by atoms with E-state index in [9.17, 15) is 5.11 Å². The maximum absolute atomic E-state index is 12.4. The summed E-state index contributed by atoms with van der Waals surface area (Å²) in [5.41, 5.74) is 3.01. The molecule has 2 heteroatoms. The van der Waals surface area contributed by atoms with Crippen molar-refractivity contribution in [1.29, 1.82) is 0 Å². The molecule has 4 aliphatic rings. The first-order valence-corrected chi connectivity index (χ1v) is 13.5. The van der Waals surface area contributed by atoms with E-state index < -0.39 is 5.60 Å². The van der Waals surface area contributed by atoms with Crippen LogP contribution in [0.2, 0.25) is 0 Å². The SMILES string of the molecule is COC1CCC2(C)C3=C(CCC2C1)C1(O)CCC(C(C)CCC(C)C(C)C)C1(C)CC3. The van der Waals surface area contributed by atoms with Gasteiger partial charge in [-0.2, -0.15) is 0 Å². The third-order valence-electron chi connectivity index (χ3n) is 11.4. The van der Waals surface area contributed by atoms with E-state index in [1.165, 1.54) is 63.4 Å². The number of aliphatic hydroxyl groups is 1. The first kappa shape index (κ1) is 23.8. The lowest BCUT2D eigenvalue weighted by Crippen LogP contribution is -2.54. The van der Waals surface area contributed by atoms with Crippen LogP contribution in [0.1, 0.15) is 112 Å². The van der Waals surface area contributed by atoms with E-state index in [0.717, 1.165) is 30.6 Å².